The Kier molecular flexibility index (Phi) is 6.93. The fourth-order valence-corrected chi connectivity index (χ4v) is 7.69. The van der Waals surface area contributed by atoms with E-state index in [9.17, 15) is 15.8 Å². The zero-order chi connectivity index (χ0) is 34.5. The van der Waals surface area contributed by atoms with Crippen molar-refractivity contribution in [3.05, 3.63) is 174 Å². The van der Waals surface area contributed by atoms with Crippen molar-refractivity contribution >= 4 is 43.4 Å². The van der Waals surface area contributed by atoms with Crippen LogP contribution in [0.2, 0.25) is 0 Å². The number of benzene rings is 8. The van der Waals surface area contributed by atoms with Crippen molar-refractivity contribution < 1.29 is 0 Å². The van der Waals surface area contributed by atoms with E-state index in [1.54, 1.807) is 0 Å². The highest BCUT2D eigenvalue weighted by Gasteiger charge is 2.21. The lowest BCUT2D eigenvalue weighted by atomic mass is 9.84. The number of nitriles is 3. The smallest absolute Gasteiger partial charge is 0.0998 e. The standard InChI is InChI=1S/C47H26N4/c48-27-30-18-22-44(51-43-17-9-8-12-36(43)42-25-31(28-49)19-23-45(42)51)41(24-30)33-20-21-35(34(26-33)29-50)47-39-15-6-4-13-37(39)46(32-10-2-1-3-11-32)38-14-5-7-16-40(38)47/h1-26H. The van der Waals surface area contributed by atoms with Gasteiger partial charge in [-0.25, -0.2) is 0 Å². The Labute approximate surface area is 294 Å². The molecule has 8 aromatic carbocycles. The minimum Gasteiger partial charge on any atom is -0.309 e. The Morgan fingerprint density at radius 1 is 0.373 bits per heavy atom. The van der Waals surface area contributed by atoms with E-state index in [0.717, 1.165) is 76.9 Å². The van der Waals surface area contributed by atoms with Gasteiger partial charge in [0, 0.05) is 21.9 Å². The fourth-order valence-electron chi connectivity index (χ4n) is 7.69. The molecule has 0 saturated heterocycles. The van der Waals surface area contributed by atoms with Gasteiger partial charge in [0.1, 0.15) is 0 Å². The second kappa shape index (κ2) is 11.9. The van der Waals surface area contributed by atoms with Crippen molar-refractivity contribution in [1.29, 1.82) is 15.8 Å². The van der Waals surface area contributed by atoms with Crippen LogP contribution < -0.4 is 0 Å². The molecule has 4 heteroatoms. The largest absolute Gasteiger partial charge is 0.309 e. The normalized spacial score (nSPS) is 11.1. The van der Waals surface area contributed by atoms with Crippen molar-refractivity contribution in [3.63, 3.8) is 0 Å². The topological polar surface area (TPSA) is 76.3 Å². The average Bonchev–Trinajstić information content (AvgIpc) is 3.53. The Morgan fingerprint density at radius 3 is 1.61 bits per heavy atom. The predicted octanol–water partition coefficient (Wildman–Crippen LogP) is 11.7. The Hall–Kier alpha value is -7.45. The first-order valence-corrected chi connectivity index (χ1v) is 16.7. The zero-order valence-electron chi connectivity index (χ0n) is 27.3. The number of nitrogens with zero attached hydrogens (tertiary/aromatic N) is 4. The van der Waals surface area contributed by atoms with E-state index in [0.29, 0.717) is 16.7 Å². The molecule has 0 saturated carbocycles. The van der Waals surface area contributed by atoms with Gasteiger partial charge in [-0.15, -0.1) is 0 Å². The number of hydrogen-bond acceptors (Lipinski definition) is 3. The molecule has 0 fully saturated rings. The molecule has 9 aromatic rings. The van der Waals surface area contributed by atoms with Gasteiger partial charge in [-0.05, 0) is 92.3 Å². The summed E-state index contributed by atoms with van der Waals surface area (Å²) in [5, 5.41) is 36.9. The van der Waals surface area contributed by atoms with Gasteiger partial charge in [0.2, 0.25) is 0 Å². The molecule has 0 unspecified atom stereocenters. The molecule has 51 heavy (non-hydrogen) atoms. The lowest BCUT2D eigenvalue weighted by Crippen LogP contribution is -1.99. The molecule has 0 spiro atoms. The first-order valence-electron chi connectivity index (χ1n) is 16.7. The van der Waals surface area contributed by atoms with Gasteiger partial charge >= 0.3 is 0 Å². The first kappa shape index (κ1) is 29.7. The van der Waals surface area contributed by atoms with E-state index in [1.807, 2.05) is 60.7 Å². The lowest BCUT2D eigenvalue weighted by molar-refractivity contribution is 1.18. The highest BCUT2D eigenvalue weighted by atomic mass is 15.0. The molecule has 0 N–H and O–H groups in total. The van der Waals surface area contributed by atoms with Gasteiger partial charge in [0.25, 0.3) is 0 Å². The predicted molar refractivity (Wildman–Crippen MR) is 206 cm³/mol. The van der Waals surface area contributed by atoms with Crippen LogP contribution in [0.4, 0.5) is 0 Å². The molecule has 0 radical (unpaired) electrons. The van der Waals surface area contributed by atoms with E-state index < -0.39 is 0 Å². The lowest BCUT2D eigenvalue weighted by Gasteiger charge is -2.19. The van der Waals surface area contributed by atoms with Gasteiger partial charge in [0.05, 0.1) is 51.6 Å². The number of para-hydroxylation sites is 1. The number of aromatic nitrogens is 1. The van der Waals surface area contributed by atoms with Crippen LogP contribution in [-0.2, 0) is 0 Å². The summed E-state index contributed by atoms with van der Waals surface area (Å²) in [5.41, 5.74) is 10.3. The third-order valence-electron chi connectivity index (χ3n) is 9.88. The summed E-state index contributed by atoms with van der Waals surface area (Å²) >= 11 is 0. The first-order chi connectivity index (χ1) is 25.2. The Bertz CT molecular complexity index is 2940. The maximum absolute atomic E-state index is 10.8. The monoisotopic (exact) mass is 646 g/mol. The second-order valence-corrected chi connectivity index (χ2v) is 12.6. The van der Waals surface area contributed by atoms with Crippen molar-refractivity contribution in [3.8, 4) is 57.3 Å². The van der Waals surface area contributed by atoms with Crippen molar-refractivity contribution in [2.24, 2.45) is 0 Å². The molecule has 0 aliphatic rings. The molecule has 4 nitrogen and oxygen atoms in total. The number of fused-ring (bicyclic) bond motifs is 5. The van der Waals surface area contributed by atoms with Crippen molar-refractivity contribution in [2.75, 3.05) is 0 Å². The van der Waals surface area contributed by atoms with Crippen LogP contribution in [0.5, 0.6) is 0 Å². The van der Waals surface area contributed by atoms with E-state index in [1.165, 1.54) is 5.56 Å². The minimum atomic E-state index is 0.525. The maximum atomic E-state index is 10.8. The molecule has 0 aliphatic carbocycles. The van der Waals surface area contributed by atoms with E-state index in [2.05, 4.69) is 120 Å². The molecule has 0 amide bonds. The molecule has 0 aliphatic heterocycles. The molecule has 1 aromatic heterocycles. The quantitative estimate of drug-likeness (QED) is 0.179. The summed E-state index contributed by atoms with van der Waals surface area (Å²) in [4.78, 5) is 0. The van der Waals surface area contributed by atoms with Gasteiger partial charge in [-0.1, -0.05) is 109 Å². The van der Waals surface area contributed by atoms with Gasteiger partial charge in [0.15, 0.2) is 0 Å². The summed E-state index contributed by atoms with van der Waals surface area (Å²) < 4.78 is 2.19. The number of rotatable bonds is 4. The fraction of sp³-hybridized carbons (Fsp3) is 0. The highest BCUT2D eigenvalue weighted by molar-refractivity contribution is 6.22. The molecular formula is C47H26N4. The van der Waals surface area contributed by atoms with Crippen LogP contribution in [0.15, 0.2) is 158 Å². The highest BCUT2D eigenvalue weighted by Crippen LogP contribution is 2.45. The van der Waals surface area contributed by atoms with E-state index in [-0.39, 0.29) is 0 Å². The molecule has 9 rings (SSSR count). The molecule has 0 bridgehead atoms. The molecule has 234 valence electrons. The van der Waals surface area contributed by atoms with Crippen LogP contribution in [0, 0.1) is 34.0 Å². The van der Waals surface area contributed by atoms with Gasteiger partial charge < -0.3 is 4.57 Å². The molecule has 1 heterocycles. The maximum Gasteiger partial charge on any atom is 0.0998 e. The Morgan fingerprint density at radius 2 is 0.941 bits per heavy atom. The summed E-state index contributed by atoms with van der Waals surface area (Å²) in [5.74, 6) is 0. The summed E-state index contributed by atoms with van der Waals surface area (Å²) in [6.45, 7) is 0. The third kappa shape index (κ3) is 4.66. The third-order valence-corrected chi connectivity index (χ3v) is 9.88. The minimum absolute atomic E-state index is 0.525. The van der Waals surface area contributed by atoms with Crippen LogP contribution in [0.25, 0.3) is 82.4 Å². The second-order valence-electron chi connectivity index (χ2n) is 12.6. The zero-order valence-corrected chi connectivity index (χ0v) is 27.3. The van der Waals surface area contributed by atoms with Crippen molar-refractivity contribution in [2.45, 2.75) is 0 Å². The van der Waals surface area contributed by atoms with Crippen LogP contribution >= 0.6 is 0 Å². The summed E-state index contributed by atoms with van der Waals surface area (Å²) in [6, 6.07) is 60.1. The average molecular weight is 647 g/mol. The van der Waals surface area contributed by atoms with E-state index >= 15 is 0 Å². The Balaban J connectivity index is 1.30. The van der Waals surface area contributed by atoms with Gasteiger partial charge in [-0.2, -0.15) is 15.8 Å². The number of hydrogen-bond donors (Lipinski definition) is 0. The van der Waals surface area contributed by atoms with Crippen LogP contribution in [0.3, 0.4) is 0 Å². The van der Waals surface area contributed by atoms with Crippen molar-refractivity contribution in [1.82, 2.24) is 4.57 Å². The SMILES string of the molecule is N#Cc1ccc(-n2c3ccccc3c3cc(C#N)ccc32)c(-c2ccc(-c3c4ccccc4c(-c4ccccc4)c4ccccc34)c(C#N)c2)c1. The van der Waals surface area contributed by atoms with Gasteiger partial charge in [-0.3, -0.25) is 0 Å². The molecular weight excluding hydrogens is 621 g/mol. The van der Waals surface area contributed by atoms with Crippen LogP contribution in [0.1, 0.15) is 16.7 Å². The van der Waals surface area contributed by atoms with Crippen LogP contribution in [-0.4, -0.2) is 4.57 Å². The molecule has 0 atom stereocenters. The van der Waals surface area contributed by atoms with E-state index in [4.69, 9.17) is 0 Å². The summed E-state index contributed by atoms with van der Waals surface area (Å²) in [7, 11) is 0. The summed E-state index contributed by atoms with van der Waals surface area (Å²) in [6.07, 6.45) is 0.